The Morgan fingerprint density at radius 1 is 1.50 bits per heavy atom. The van der Waals surface area contributed by atoms with E-state index in [1.54, 1.807) is 0 Å². The van der Waals surface area contributed by atoms with Gasteiger partial charge >= 0.3 is 5.97 Å². The molecular formula is C9H9ClN2O4. The number of amides is 1. The molecule has 16 heavy (non-hydrogen) atoms. The van der Waals surface area contributed by atoms with Crippen LogP contribution in [0.25, 0.3) is 0 Å². The SMILES string of the molecule is O=C(NCC(O)C(=O)O)c1ccc(Cl)nc1. The highest BCUT2D eigenvalue weighted by molar-refractivity contribution is 6.29. The predicted molar refractivity (Wildman–Crippen MR) is 55.2 cm³/mol. The standard InChI is InChI=1S/C9H9ClN2O4/c10-7-2-1-5(3-11-7)8(14)12-4-6(13)9(15)16/h1-3,6,13H,4H2,(H,12,14)(H,15,16). The zero-order valence-electron chi connectivity index (χ0n) is 8.05. The largest absolute Gasteiger partial charge is 0.479 e. The quantitative estimate of drug-likeness (QED) is 0.643. The van der Waals surface area contributed by atoms with Gasteiger partial charge in [-0.25, -0.2) is 9.78 Å². The van der Waals surface area contributed by atoms with Crippen LogP contribution < -0.4 is 5.32 Å². The zero-order chi connectivity index (χ0) is 12.1. The second-order valence-corrected chi connectivity index (χ2v) is 3.32. The molecule has 1 rings (SSSR count). The van der Waals surface area contributed by atoms with Gasteiger partial charge in [-0.2, -0.15) is 0 Å². The molecule has 0 aliphatic carbocycles. The molecule has 0 bridgehead atoms. The molecule has 0 fully saturated rings. The average molecular weight is 245 g/mol. The summed E-state index contributed by atoms with van der Waals surface area (Å²) in [6, 6.07) is 2.88. The van der Waals surface area contributed by atoms with E-state index in [1.165, 1.54) is 18.3 Å². The molecule has 0 aliphatic rings. The fraction of sp³-hybridized carbons (Fsp3) is 0.222. The maximum absolute atomic E-state index is 11.4. The lowest BCUT2D eigenvalue weighted by atomic mass is 10.2. The normalized spacial score (nSPS) is 11.9. The summed E-state index contributed by atoms with van der Waals surface area (Å²) in [5, 5.41) is 19.8. The molecule has 7 heteroatoms. The van der Waals surface area contributed by atoms with Gasteiger partial charge in [-0.3, -0.25) is 4.79 Å². The monoisotopic (exact) mass is 244 g/mol. The molecule has 0 aromatic carbocycles. The Labute approximate surface area is 95.9 Å². The number of aromatic nitrogens is 1. The summed E-state index contributed by atoms with van der Waals surface area (Å²) in [6.07, 6.45) is -0.366. The summed E-state index contributed by atoms with van der Waals surface area (Å²) < 4.78 is 0. The van der Waals surface area contributed by atoms with Crippen molar-refractivity contribution in [3.05, 3.63) is 29.0 Å². The van der Waals surface area contributed by atoms with Gasteiger partial charge in [0.25, 0.3) is 5.91 Å². The van der Waals surface area contributed by atoms with Crippen LogP contribution >= 0.6 is 11.6 Å². The van der Waals surface area contributed by atoms with Crippen molar-refractivity contribution in [3.8, 4) is 0 Å². The molecule has 0 aliphatic heterocycles. The first kappa shape index (κ1) is 12.4. The molecular weight excluding hydrogens is 236 g/mol. The molecule has 1 aromatic heterocycles. The van der Waals surface area contributed by atoms with Crippen molar-refractivity contribution in [2.24, 2.45) is 0 Å². The number of aliphatic hydroxyl groups is 1. The zero-order valence-corrected chi connectivity index (χ0v) is 8.81. The van der Waals surface area contributed by atoms with Crippen molar-refractivity contribution in [2.45, 2.75) is 6.10 Å². The van der Waals surface area contributed by atoms with E-state index in [1.807, 2.05) is 0 Å². The Balaban J connectivity index is 2.53. The molecule has 0 saturated carbocycles. The number of nitrogens with zero attached hydrogens (tertiary/aromatic N) is 1. The second kappa shape index (κ2) is 5.43. The first-order valence-electron chi connectivity index (χ1n) is 4.31. The Morgan fingerprint density at radius 3 is 2.69 bits per heavy atom. The topological polar surface area (TPSA) is 99.5 Å². The number of halogens is 1. The van der Waals surface area contributed by atoms with Crippen LogP contribution in [0.15, 0.2) is 18.3 Å². The molecule has 86 valence electrons. The van der Waals surface area contributed by atoms with Gasteiger partial charge in [0.1, 0.15) is 5.15 Å². The van der Waals surface area contributed by atoms with Gasteiger partial charge < -0.3 is 15.5 Å². The van der Waals surface area contributed by atoms with Crippen LogP contribution in [-0.2, 0) is 4.79 Å². The third-order valence-corrected chi connectivity index (χ3v) is 1.95. The number of hydrogen-bond donors (Lipinski definition) is 3. The summed E-state index contributed by atoms with van der Waals surface area (Å²) in [5.74, 6) is -1.92. The van der Waals surface area contributed by atoms with Gasteiger partial charge in [-0.05, 0) is 12.1 Å². The van der Waals surface area contributed by atoms with Gasteiger partial charge in [-0.1, -0.05) is 11.6 Å². The third-order valence-electron chi connectivity index (χ3n) is 1.73. The summed E-state index contributed by atoms with van der Waals surface area (Å²) >= 11 is 5.52. The first-order chi connectivity index (χ1) is 7.50. The molecule has 1 heterocycles. The highest BCUT2D eigenvalue weighted by Gasteiger charge is 2.14. The van der Waals surface area contributed by atoms with Gasteiger partial charge in [0, 0.05) is 6.20 Å². The van der Waals surface area contributed by atoms with Gasteiger partial charge in [-0.15, -0.1) is 0 Å². The molecule has 0 spiro atoms. The molecule has 1 aromatic rings. The average Bonchev–Trinajstić information content (AvgIpc) is 2.26. The van der Waals surface area contributed by atoms with Crippen LogP contribution in [0.4, 0.5) is 0 Å². The van der Waals surface area contributed by atoms with E-state index in [-0.39, 0.29) is 17.3 Å². The number of hydrogen-bond acceptors (Lipinski definition) is 4. The van der Waals surface area contributed by atoms with Crippen LogP contribution in [0.3, 0.4) is 0 Å². The van der Waals surface area contributed by atoms with Crippen molar-refractivity contribution < 1.29 is 19.8 Å². The summed E-state index contributed by atoms with van der Waals surface area (Å²) in [6.45, 7) is -0.364. The Morgan fingerprint density at radius 2 is 2.19 bits per heavy atom. The number of aliphatic hydroxyl groups excluding tert-OH is 1. The number of carboxylic acids is 1. The lowest BCUT2D eigenvalue weighted by Gasteiger charge is -2.07. The highest BCUT2D eigenvalue weighted by Crippen LogP contribution is 2.04. The second-order valence-electron chi connectivity index (χ2n) is 2.93. The van der Waals surface area contributed by atoms with Crippen molar-refractivity contribution in [2.75, 3.05) is 6.54 Å². The van der Waals surface area contributed by atoms with Crippen molar-refractivity contribution in [3.63, 3.8) is 0 Å². The van der Waals surface area contributed by atoms with Crippen LogP contribution in [0.1, 0.15) is 10.4 Å². The third kappa shape index (κ3) is 3.48. The van der Waals surface area contributed by atoms with Gasteiger partial charge in [0.05, 0.1) is 12.1 Å². The molecule has 1 atom stereocenters. The minimum atomic E-state index is -1.62. The van der Waals surface area contributed by atoms with Gasteiger partial charge in [0.2, 0.25) is 0 Å². The van der Waals surface area contributed by atoms with Crippen molar-refractivity contribution in [1.29, 1.82) is 0 Å². The fourth-order valence-corrected chi connectivity index (χ4v) is 1.00. The van der Waals surface area contributed by atoms with E-state index in [2.05, 4.69) is 10.3 Å². The Hall–Kier alpha value is -1.66. The van der Waals surface area contributed by atoms with Crippen LogP contribution in [-0.4, -0.2) is 39.7 Å². The number of carbonyl (C=O) groups excluding carboxylic acids is 1. The van der Waals surface area contributed by atoms with E-state index in [0.29, 0.717) is 0 Å². The van der Waals surface area contributed by atoms with Crippen molar-refractivity contribution in [1.82, 2.24) is 10.3 Å². The van der Waals surface area contributed by atoms with E-state index in [9.17, 15) is 9.59 Å². The summed E-state index contributed by atoms with van der Waals surface area (Å²) in [5.41, 5.74) is 0.238. The fourth-order valence-electron chi connectivity index (χ4n) is 0.889. The lowest BCUT2D eigenvalue weighted by Crippen LogP contribution is -2.36. The number of rotatable bonds is 4. The van der Waals surface area contributed by atoms with Crippen LogP contribution in [0, 0.1) is 0 Å². The number of carboxylic acid groups (broad SMARTS) is 1. The molecule has 1 unspecified atom stereocenters. The molecule has 0 radical (unpaired) electrons. The van der Waals surface area contributed by atoms with Crippen LogP contribution in [0.2, 0.25) is 5.15 Å². The van der Waals surface area contributed by atoms with E-state index in [4.69, 9.17) is 21.8 Å². The molecule has 6 nitrogen and oxygen atoms in total. The van der Waals surface area contributed by atoms with E-state index in [0.717, 1.165) is 0 Å². The summed E-state index contributed by atoms with van der Waals surface area (Å²) in [4.78, 5) is 25.3. The number of aliphatic carboxylic acids is 1. The molecule has 3 N–H and O–H groups in total. The van der Waals surface area contributed by atoms with E-state index < -0.39 is 18.0 Å². The highest BCUT2D eigenvalue weighted by atomic mass is 35.5. The van der Waals surface area contributed by atoms with Crippen LogP contribution in [0.5, 0.6) is 0 Å². The summed E-state index contributed by atoms with van der Waals surface area (Å²) in [7, 11) is 0. The smallest absolute Gasteiger partial charge is 0.334 e. The Bertz CT molecular complexity index is 393. The molecule has 0 saturated heterocycles. The number of carbonyl (C=O) groups is 2. The maximum atomic E-state index is 11.4. The first-order valence-corrected chi connectivity index (χ1v) is 4.69. The van der Waals surface area contributed by atoms with E-state index >= 15 is 0 Å². The molecule has 1 amide bonds. The minimum absolute atomic E-state index is 0.238. The maximum Gasteiger partial charge on any atom is 0.334 e. The number of pyridine rings is 1. The van der Waals surface area contributed by atoms with Gasteiger partial charge in [0.15, 0.2) is 6.10 Å². The number of nitrogens with one attached hydrogen (secondary N) is 1. The Kier molecular flexibility index (Phi) is 4.21. The minimum Gasteiger partial charge on any atom is -0.479 e. The predicted octanol–water partition coefficient (Wildman–Crippen LogP) is -0.0897. The lowest BCUT2D eigenvalue weighted by molar-refractivity contribution is -0.146. The van der Waals surface area contributed by atoms with Crippen molar-refractivity contribution >= 4 is 23.5 Å².